The van der Waals surface area contributed by atoms with E-state index in [0.717, 1.165) is 6.42 Å². The van der Waals surface area contributed by atoms with Gasteiger partial charge in [0.2, 0.25) is 5.91 Å². The molecule has 1 saturated heterocycles. The standard InChI is InChI=1S/C19H24F3N3O3/c1-3-5-13-15(7-6-14-16(13)28-24-17(14)19(20,21)22)27-9-4-8-25-11-23-10-12(2)18(25)26/h6-7,12,23H,3-5,8-11H2,1-2H3. The minimum Gasteiger partial charge on any atom is -0.493 e. The number of nitrogens with zero attached hydrogens (tertiary/aromatic N) is 2. The van der Waals surface area contributed by atoms with Gasteiger partial charge in [0.15, 0.2) is 11.3 Å². The van der Waals surface area contributed by atoms with Crippen LogP contribution in [0.5, 0.6) is 5.75 Å². The van der Waals surface area contributed by atoms with Gasteiger partial charge in [0.1, 0.15) is 5.75 Å². The van der Waals surface area contributed by atoms with Crippen molar-refractivity contribution >= 4 is 16.9 Å². The second-order valence-electron chi connectivity index (χ2n) is 7.01. The van der Waals surface area contributed by atoms with Crippen LogP contribution in [0.4, 0.5) is 13.2 Å². The first-order chi connectivity index (χ1) is 13.3. The van der Waals surface area contributed by atoms with E-state index in [1.54, 1.807) is 4.90 Å². The molecular formula is C19H24F3N3O3. The van der Waals surface area contributed by atoms with Crippen LogP contribution in [0.15, 0.2) is 16.7 Å². The summed E-state index contributed by atoms with van der Waals surface area (Å²) >= 11 is 0. The molecule has 1 fully saturated rings. The van der Waals surface area contributed by atoms with E-state index in [2.05, 4.69) is 10.5 Å². The molecule has 3 rings (SSSR count). The molecule has 1 aliphatic rings. The number of amides is 1. The monoisotopic (exact) mass is 399 g/mol. The van der Waals surface area contributed by atoms with E-state index < -0.39 is 11.9 Å². The van der Waals surface area contributed by atoms with Gasteiger partial charge in [-0.3, -0.25) is 10.1 Å². The molecule has 9 heteroatoms. The Balaban J connectivity index is 1.69. The molecule has 0 saturated carbocycles. The van der Waals surface area contributed by atoms with Gasteiger partial charge < -0.3 is 14.2 Å². The maximum atomic E-state index is 13.1. The van der Waals surface area contributed by atoms with E-state index in [-0.39, 0.29) is 22.8 Å². The molecule has 0 spiro atoms. The van der Waals surface area contributed by atoms with E-state index >= 15 is 0 Å². The van der Waals surface area contributed by atoms with E-state index in [1.165, 1.54) is 12.1 Å². The zero-order valence-corrected chi connectivity index (χ0v) is 15.9. The van der Waals surface area contributed by atoms with Crippen LogP contribution in [0.2, 0.25) is 0 Å². The van der Waals surface area contributed by atoms with Gasteiger partial charge in [-0.15, -0.1) is 0 Å². The molecule has 1 unspecified atom stereocenters. The van der Waals surface area contributed by atoms with Gasteiger partial charge in [-0.1, -0.05) is 25.4 Å². The van der Waals surface area contributed by atoms with Crippen LogP contribution < -0.4 is 10.1 Å². The fourth-order valence-electron chi connectivity index (χ4n) is 3.39. The van der Waals surface area contributed by atoms with Crippen LogP contribution in [0.1, 0.15) is 37.9 Å². The Hall–Kier alpha value is -2.29. The molecule has 1 aromatic carbocycles. The lowest BCUT2D eigenvalue weighted by molar-refractivity contribution is -0.141. The Morgan fingerprint density at radius 3 is 2.89 bits per heavy atom. The number of hydrogen-bond donors (Lipinski definition) is 1. The number of hydrogen-bond acceptors (Lipinski definition) is 5. The molecule has 6 nitrogen and oxygen atoms in total. The van der Waals surface area contributed by atoms with Gasteiger partial charge in [-0.05, 0) is 25.0 Å². The number of rotatable bonds is 7. The lowest BCUT2D eigenvalue weighted by Crippen LogP contribution is -2.50. The first kappa shape index (κ1) is 20.4. The molecule has 0 radical (unpaired) electrons. The molecule has 0 bridgehead atoms. The number of fused-ring (bicyclic) bond motifs is 1. The summed E-state index contributed by atoms with van der Waals surface area (Å²) < 4.78 is 50.0. The maximum Gasteiger partial charge on any atom is 0.437 e. The van der Waals surface area contributed by atoms with Gasteiger partial charge in [-0.2, -0.15) is 13.2 Å². The lowest BCUT2D eigenvalue weighted by atomic mass is 10.0. The third-order valence-corrected chi connectivity index (χ3v) is 4.79. The number of halogens is 3. The third kappa shape index (κ3) is 4.24. The van der Waals surface area contributed by atoms with Crippen LogP contribution in [-0.2, 0) is 17.4 Å². The molecule has 0 aliphatic carbocycles. The van der Waals surface area contributed by atoms with Crippen molar-refractivity contribution in [2.24, 2.45) is 5.92 Å². The minimum absolute atomic E-state index is 0.0393. The number of nitrogens with one attached hydrogen (secondary N) is 1. The summed E-state index contributed by atoms with van der Waals surface area (Å²) in [5.41, 5.74) is -0.306. The fraction of sp³-hybridized carbons (Fsp3) is 0.579. The smallest absolute Gasteiger partial charge is 0.437 e. The summed E-state index contributed by atoms with van der Waals surface area (Å²) in [5, 5.41) is 6.35. The van der Waals surface area contributed by atoms with Crippen molar-refractivity contribution in [3.63, 3.8) is 0 Å². The Morgan fingerprint density at radius 2 is 2.18 bits per heavy atom. The zero-order valence-electron chi connectivity index (χ0n) is 15.9. The SMILES string of the molecule is CCCc1c(OCCCN2CNCC(C)C2=O)ccc2c(C(F)(F)F)noc12. The number of carbonyl (C=O) groups excluding carboxylic acids is 1. The summed E-state index contributed by atoms with van der Waals surface area (Å²) in [6.07, 6.45) is -2.70. The topological polar surface area (TPSA) is 67.6 Å². The zero-order chi connectivity index (χ0) is 20.3. The van der Waals surface area contributed by atoms with Gasteiger partial charge in [-0.25, -0.2) is 0 Å². The first-order valence-electron chi connectivity index (χ1n) is 9.43. The number of ether oxygens (including phenoxy) is 1. The number of aromatic nitrogens is 1. The highest BCUT2D eigenvalue weighted by Crippen LogP contribution is 2.38. The van der Waals surface area contributed by atoms with Crippen molar-refractivity contribution in [3.05, 3.63) is 23.4 Å². The second-order valence-corrected chi connectivity index (χ2v) is 7.01. The van der Waals surface area contributed by atoms with Gasteiger partial charge >= 0.3 is 6.18 Å². The summed E-state index contributed by atoms with van der Waals surface area (Å²) in [5.74, 6) is 0.575. The largest absolute Gasteiger partial charge is 0.493 e. The fourth-order valence-corrected chi connectivity index (χ4v) is 3.39. The highest BCUT2D eigenvalue weighted by atomic mass is 19.4. The number of aryl methyl sites for hydroxylation is 1. The molecule has 1 aliphatic heterocycles. The lowest BCUT2D eigenvalue weighted by Gasteiger charge is -2.31. The molecular weight excluding hydrogens is 375 g/mol. The summed E-state index contributed by atoms with van der Waals surface area (Å²) in [6.45, 7) is 5.93. The minimum atomic E-state index is -4.57. The molecule has 2 aromatic rings. The number of benzene rings is 1. The average molecular weight is 399 g/mol. The molecule has 2 heterocycles. The molecule has 1 aromatic heterocycles. The first-order valence-corrected chi connectivity index (χ1v) is 9.43. The van der Waals surface area contributed by atoms with Crippen molar-refractivity contribution in [3.8, 4) is 5.75 Å². The van der Waals surface area contributed by atoms with Crippen molar-refractivity contribution in [1.29, 1.82) is 0 Å². The number of alkyl halides is 3. The molecule has 154 valence electrons. The molecule has 28 heavy (non-hydrogen) atoms. The van der Waals surface area contributed by atoms with E-state index in [9.17, 15) is 18.0 Å². The van der Waals surface area contributed by atoms with Gasteiger partial charge in [0, 0.05) is 24.6 Å². The predicted molar refractivity (Wildman–Crippen MR) is 96.9 cm³/mol. The Morgan fingerprint density at radius 1 is 1.39 bits per heavy atom. The molecule has 1 N–H and O–H groups in total. The normalized spacial score (nSPS) is 18.1. The third-order valence-electron chi connectivity index (χ3n) is 4.79. The Bertz CT molecular complexity index is 835. The molecule has 1 atom stereocenters. The van der Waals surface area contributed by atoms with Crippen LogP contribution in [-0.4, -0.2) is 42.3 Å². The van der Waals surface area contributed by atoms with Crippen LogP contribution in [0, 0.1) is 5.92 Å². The maximum absolute atomic E-state index is 13.1. The van der Waals surface area contributed by atoms with Gasteiger partial charge in [0.05, 0.1) is 18.7 Å². The van der Waals surface area contributed by atoms with E-state index in [1.807, 2.05) is 13.8 Å². The van der Waals surface area contributed by atoms with E-state index in [4.69, 9.17) is 9.26 Å². The van der Waals surface area contributed by atoms with Crippen LogP contribution in [0.3, 0.4) is 0 Å². The highest BCUT2D eigenvalue weighted by molar-refractivity contribution is 5.85. The van der Waals surface area contributed by atoms with Crippen molar-refractivity contribution in [1.82, 2.24) is 15.4 Å². The quantitative estimate of drug-likeness (QED) is 0.721. The summed E-state index contributed by atoms with van der Waals surface area (Å²) in [4.78, 5) is 13.8. The van der Waals surface area contributed by atoms with Crippen molar-refractivity contribution in [2.45, 2.75) is 39.3 Å². The average Bonchev–Trinajstić information content (AvgIpc) is 3.08. The summed E-state index contributed by atoms with van der Waals surface area (Å²) in [7, 11) is 0. The Kier molecular flexibility index (Phi) is 6.12. The van der Waals surface area contributed by atoms with Crippen LogP contribution >= 0.6 is 0 Å². The summed E-state index contributed by atoms with van der Waals surface area (Å²) in [6, 6.07) is 2.87. The second kappa shape index (κ2) is 8.38. The van der Waals surface area contributed by atoms with Crippen molar-refractivity contribution in [2.75, 3.05) is 26.4 Å². The molecule has 1 amide bonds. The predicted octanol–water partition coefficient (Wildman–Crippen LogP) is 3.59. The Labute approximate surface area is 161 Å². The van der Waals surface area contributed by atoms with Crippen molar-refractivity contribution < 1.29 is 27.2 Å². The number of carbonyl (C=O) groups is 1. The van der Waals surface area contributed by atoms with Crippen LogP contribution in [0.25, 0.3) is 11.0 Å². The van der Waals surface area contributed by atoms with E-state index in [0.29, 0.717) is 50.5 Å². The highest BCUT2D eigenvalue weighted by Gasteiger charge is 2.37. The van der Waals surface area contributed by atoms with Gasteiger partial charge in [0.25, 0.3) is 0 Å².